The first kappa shape index (κ1) is 19.8. The van der Waals surface area contributed by atoms with Gasteiger partial charge in [0, 0.05) is 19.5 Å². The third-order valence-electron chi connectivity index (χ3n) is 5.11. The van der Waals surface area contributed by atoms with Crippen LogP contribution in [0.25, 0.3) is 10.9 Å². The zero-order valence-electron chi connectivity index (χ0n) is 15.9. The molecule has 9 heteroatoms. The van der Waals surface area contributed by atoms with Gasteiger partial charge in [0.1, 0.15) is 35.8 Å². The highest BCUT2D eigenvalue weighted by Gasteiger charge is 2.56. The zero-order valence-corrected chi connectivity index (χ0v) is 17.5. The molecule has 3 heterocycles. The number of aromatic nitrogens is 1. The van der Waals surface area contributed by atoms with Gasteiger partial charge in [-0.15, -0.1) is 0 Å². The Morgan fingerprint density at radius 1 is 1.21 bits per heavy atom. The fraction of sp³-hybridized carbons (Fsp3) is 0.526. The average Bonchev–Trinajstić information content (AvgIpc) is 3.21. The lowest BCUT2D eigenvalue weighted by molar-refractivity contribution is -0.199. The summed E-state index contributed by atoms with van der Waals surface area (Å²) in [6.45, 7) is 3.45. The topological polar surface area (TPSA) is 79.9 Å². The number of halogens is 2. The number of nitriles is 1. The zero-order chi connectivity index (χ0) is 20.4. The van der Waals surface area contributed by atoms with Gasteiger partial charge in [-0.1, -0.05) is 23.2 Å². The Morgan fingerprint density at radius 3 is 2.46 bits per heavy atom. The molecular formula is C19H21Cl2N3O4. The molecule has 0 aliphatic carbocycles. The number of ether oxygens (including phenoxy) is 3. The van der Waals surface area contributed by atoms with E-state index in [4.69, 9.17) is 37.4 Å². The number of aliphatic hydroxyl groups excluding tert-OH is 1. The van der Waals surface area contributed by atoms with Crippen LogP contribution in [0.2, 0.25) is 10.0 Å². The third kappa shape index (κ3) is 2.88. The summed E-state index contributed by atoms with van der Waals surface area (Å²) in [6, 6.07) is 5.68. The minimum atomic E-state index is -0.801. The van der Waals surface area contributed by atoms with E-state index in [9.17, 15) is 10.4 Å². The van der Waals surface area contributed by atoms with Crippen molar-refractivity contribution in [3.63, 3.8) is 0 Å². The molecule has 2 aromatic rings. The van der Waals surface area contributed by atoms with Crippen LogP contribution in [0.5, 0.6) is 0 Å². The second kappa shape index (κ2) is 6.77. The Hall–Kier alpha value is -1.53. The van der Waals surface area contributed by atoms with Crippen LogP contribution in [0.15, 0.2) is 12.1 Å². The highest BCUT2D eigenvalue weighted by Crippen LogP contribution is 2.47. The maximum absolute atomic E-state index is 9.85. The van der Waals surface area contributed by atoms with Crippen LogP contribution in [-0.2, 0) is 14.2 Å². The summed E-state index contributed by atoms with van der Waals surface area (Å²) in [4.78, 5) is 1.84. The highest BCUT2D eigenvalue weighted by atomic mass is 35.5. The van der Waals surface area contributed by atoms with Crippen LogP contribution in [0.4, 0.5) is 5.82 Å². The molecule has 7 nitrogen and oxygen atoms in total. The molecule has 2 aliphatic rings. The van der Waals surface area contributed by atoms with E-state index in [2.05, 4.69) is 6.07 Å². The lowest BCUT2D eigenvalue weighted by atomic mass is 10.1. The SMILES string of the molecule is CN(C)c1c(C#N)c2cc(Cl)c(Cl)cc2n1[C@@H]1O[C@H](CO)[C@H]2OC(C)(C)O[C@H]21. The molecule has 4 rings (SSSR count). The Bertz CT molecular complexity index is 982. The van der Waals surface area contributed by atoms with E-state index >= 15 is 0 Å². The summed E-state index contributed by atoms with van der Waals surface area (Å²) < 4.78 is 20.1. The van der Waals surface area contributed by atoms with Crippen LogP contribution in [-0.4, -0.2) is 54.5 Å². The largest absolute Gasteiger partial charge is 0.394 e. The molecule has 4 atom stereocenters. The van der Waals surface area contributed by atoms with Crippen LogP contribution >= 0.6 is 23.2 Å². The van der Waals surface area contributed by atoms with Crippen molar-refractivity contribution in [2.75, 3.05) is 25.6 Å². The predicted octanol–water partition coefficient (Wildman–Crippen LogP) is 3.30. The van der Waals surface area contributed by atoms with E-state index in [0.29, 0.717) is 32.3 Å². The summed E-state index contributed by atoms with van der Waals surface area (Å²) in [7, 11) is 3.70. The number of rotatable bonds is 3. The summed E-state index contributed by atoms with van der Waals surface area (Å²) in [6.07, 6.45) is -2.03. The monoisotopic (exact) mass is 425 g/mol. The first-order chi connectivity index (χ1) is 13.2. The standard InChI is InChI=1S/C19H21Cl2N3O4/c1-19(2)27-15-14(8-25)26-18(16(15)28-19)24-13-6-12(21)11(20)5-9(13)10(7-22)17(24)23(3)4/h5-6,14-16,18,25H,8H2,1-4H3/t14-,15-,16-,18-/m1/s1. The predicted molar refractivity (Wildman–Crippen MR) is 106 cm³/mol. The maximum Gasteiger partial charge on any atom is 0.165 e. The number of benzene rings is 1. The molecule has 0 saturated carbocycles. The number of nitrogens with zero attached hydrogens (tertiary/aromatic N) is 3. The lowest BCUT2D eigenvalue weighted by Crippen LogP contribution is -2.31. The van der Waals surface area contributed by atoms with Crippen molar-refractivity contribution in [2.24, 2.45) is 0 Å². The van der Waals surface area contributed by atoms with Crippen molar-refractivity contribution in [2.45, 2.75) is 44.2 Å². The summed E-state index contributed by atoms with van der Waals surface area (Å²) >= 11 is 12.5. The number of fused-ring (bicyclic) bond motifs is 2. The fourth-order valence-electron chi connectivity index (χ4n) is 4.11. The Labute approximate surface area is 172 Å². The van der Waals surface area contributed by atoms with Crippen molar-refractivity contribution < 1.29 is 19.3 Å². The number of anilines is 1. The van der Waals surface area contributed by atoms with E-state index in [1.807, 2.05) is 37.4 Å². The van der Waals surface area contributed by atoms with E-state index in [1.165, 1.54) is 0 Å². The van der Waals surface area contributed by atoms with Crippen LogP contribution in [0, 0.1) is 11.3 Å². The van der Waals surface area contributed by atoms with Gasteiger partial charge in [-0.25, -0.2) is 0 Å². The van der Waals surface area contributed by atoms with Crippen molar-refractivity contribution in [1.82, 2.24) is 4.57 Å². The van der Waals surface area contributed by atoms with Gasteiger partial charge < -0.3 is 24.2 Å². The van der Waals surface area contributed by atoms with E-state index in [1.54, 1.807) is 12.1 Å². The average molecular weight is 426 g/mol. The first-order valence-corrected chi connectivity index (χ1v) is 9.66. The normalized spacial score (nSPS) is 28.5. The van der Waals surface area contributed by atoms with Gasteiger partial charge in [0.15, 0.2) is 12.0 Å². The minimum absolute atomic E-state index is 0.203. The molecule has 1 aromatic heterocycles. The molecule has 0 unspecified atom stereocenters. The number of aliphatic hydroxyl groups is 1. The van der Waals surface area contributed by atoms with Crippen LogP contribution in [0.1, 0.15) is 25.6 Å². The van der Waals surface area contributed by atoms with Crippen LogP contribution in [0.3, 0.4) is 0 Å². The van der Waals surface area contributed by atoms with Gasteiger partial charge >= 0.3 is 0 Å². The van der Waals surface area contributed by atoms with Crippen molar-refractivity contribution >= 4 is 39.9 Å². The fourth-order valence-corrected chi connectivity index (χ4v) is 4.43. The quantitative estimate of drug-likeness (QED) is 0.812. The van der Waals surface area contributed by atoms with Gasteiger partial charge in [-0.3, -0.25) is 4.57 Å². The van der Waals surface area contributed by atoms with Gasteiger partial charge in [-0.2, -0.15) is 5.26 Å². The lowest BCUT2D eigenvalue weighted by Gasteiger charge is -2.27. The van der Waals surface area contributed by atoms with Gasteiger partial charge in [0.25, 0.3) is 0 Å². The Morgan fingerprint density at radius 2 is 1.86 bits per heavy atom. The van der Waals surface area contributed by atoms with Crippen molar-refractivity contribution in [3.8, 4) is 6.07 Å². The molecule has 2 saturated heterocycles. The first-order valence-electron chi connectivity index (χ1n) is 8.91. The second-order valence-corrected chi connectivity index (χ2v) is 8.49. The van der Waals surface area contributed by atoms with E-state index in [-0.39, 0.29) is 6.61 Å². The molecule has 2 aliphatic heterocycles. The molecule has 2 fully saturated rings. The van der Waals surface area contributed by atoms with Gasteiger partial charge in [-0.05, 0) is 26.0 Å². The molecule has 28 heavy (non-hydrogen) atoms. The molecule has 0 amide bonds. The summed E-state index contributed by atoms with van der Waals surface area (Å²) in [5.74, 6) is -0.156. The smallest absolute Gasteiger partial charge is 0.165 e. The van der Waals surface area contributed by atoms with Crippen LogP contribution < -0.4 is 4.90 Å². The second-order valence-electron chi connectivity index (χ2n) is 7.67. The highest BCUT2D eigenvalue weighted by molar-refractivity contribution is 6.42. The Balaban J connectivity index is 1.97. The molecule has 0 bridgehead atoms. The molecular weight excluding hydrogens is 405 g/mol. The molecule has 0 spiro atoms. The molecule has 150 valence electrons. The van der Waals surface area contributed by atoms with Crippen molar-refractivity contribution in [1.29, 1.82) is 5.26 Å². The van der Waals surface area contributed by atoms with Crippen molar-refractivity contribution in [3.05, 3.63) is 27.7 Å². The maximum atomic E-state index is 9.85. The Kier molecular flexibility index (Phi) is 4.78. The molecule has 1 aromatic carbocycles. The van der Waals surface area contributed by atoms with Gasteiger partial charge in [0.05, 0.1) is 22.2 Å². The van der Waals surface area contributed by atoms with E-state index in [0.717, 1.165) is 0 Å². The number of hydrogen-bond donors (Lipinski definition) is 1. The minimum Gasteiger partial charge on any atom is -0.394 e. The summed E-state index contributed by atoms with van der Waals surface area (Å²) in [5, 5.41) is 21.1. The molecule has 1 N–H and O–H groups in total. The number of hydrogen-bond acceptors (Lipinski definition) is 6. The van der Waals surface area contributed by atoms with Gasteiger partial charge in [0.2, 0.25) is 0 Å². The summed E-state index contributed by atoms with van der Waals surface area (Å²) in [5.41, 5.74) is 1.16. The van der Waals surface area contributed by atoms with E-state index < -0.39 is 30.3 Å². The third-order valence-corrected chi connectivity index (χ3v) is 5.84. The molecule has 0 radical (unpaired) electrons.